The molecule has 1 amide bonds. The van der Waals surface area contributed by atoms with E-state index in [0.717, 1.165) is 42.9 Å². The van der Waals surface area contributed by atoms with Crippen LogP contribution in [-0.4, -0.2) is 35.7 Å². The molecule has 0 N–H and O–H groups in total. The molecule has 2 aliphatic heterocycles. The van der Waals surface area contributed by atoms with Gasteiger partial charge in [-0.05, 0) is 55.3 Å². The molecule has 0 bridgehead atoms. The molecule has 4 rings (SSSR count). The Labute approximate surface area is 168 Å². The molecule has 1 fully saturated rings. The zero-order chi connectivity index (χ0) is 18.1. The Bertz CT molecular complexity index is 829. The summed E-state index contributed by atoms with van der Waals surface area (Å²) in [6.07, 6.45) is 1.92. The van der Waals surface area contributed by atoms with Crippen LogP contribution in [0.15, 0.2) is 47.4 Å². The van der Waals surface area contributed by atoms with Gasteiger partial charge in [-0.1, -0.05) is 35.3 Å². The molecule has 6 heteroatoms. The van der Waals surface area contributed by atoms with E-state index in [1.807, 2.05) is 47.0 Å². The smallest absolute Gasteiger partial charge is 0.244 e. The number of anilines is 1. The summed E-state index contributed by atoms with van der Waals surface area (Å²) in [5, 5.41) is 1.38. The van der Waals surface area contributed by atoms with Crippen molar-refractivity contribution < 1.29 is 4.79 Å². The molecule has 0 radical (unpaired) electrons. The summed E-state index contributed by atoms with van der Waals surface area (Å²) in [5.41, 5.74) is 2.02. The summed E-state index contributed by atoms with van der Waals surface area (Å²) in [6.45, 7) is 2.33. The molecular formula is C20H20Cl2N2OS. The van der Waals surface area contributed by atoms with Crippen LogP contribution >= 0.6 is 35.0 Å². The minimum atomic E-state index is -0.0961. The van der Waals surface area contributed by atoms with Crippen LogP contribution in [0.25, 0.3) is 0 Å². The number of likely N-dealkylation sites (tertiary alicyclic amines) is 1. The number of halogens is 2. The molecule has 2 aliphatic rings. The van der Waals surface area contributed by atoms with E-state index in [0.29, 0.717) is 16.6 Å². The van der Waals surface area contributed by atoms with Gasteiger partial charge in [-0.25, -0.2) is 0 Å². The third-order valence-electron chi connectivity index (χ3n) is 5.02. The van der Waals surface area contributed by atoms with Crippen molar-refractivity contribution in [3.05, 3.63) is 58.1 Å². The van der Waals surface area contributed by atoms with Gasteiger partial charge in [0.1, 0.15) is 0 Å². The quantitative estimate of drug-likeness (QED) is 0.708. The van der Waals surface area contributed by atoms with Crippen molar-refractivity contribution in [2.45, 2.75) is 30.3 Å². The second-order valence-electron chi connectivity index (χ2n) is 6.67. The largest absolute Gasteiger partial charge is 0.309 e. The van der Waals surface area contributed by atoms with Gasteiger partial charge in [0.15, 0.2) is 0 Å². The summed E-state index contributed by atoms with van der Waals surface area (Å²) in [5.74, 6) is 1.14. The molecule has 1 saturated heterocycles. The van der Waals surface area contributed by atoms with Gasteiger partial charge in [0.2, 0.25) is 5.91 Å². The lowest BCUT2D eigenvalue weighted by atomic mass is 10.1. The fourth-order valence-electron chi connectivity index (χ4n) is 3.76. The highest BCUT2D eigenvalue weighted by Gasteiger charge is 2.35. The molecule has 0 aromatic heterocycles. The topological polar surface area (TPSA) is 23.6 Å². The molecule has 0 spiro atoms. The number of hydrogen-bond acceptors (Lipinski definition) is 3. The van der Waals surface area contributed by atoms with E-state index in [1.165, 1.54) is 4.90 Å². The second-order valence-corrected chi connectivity index (χ2v) is 8.65. The maximum Gasteiger partial charge on any atom is 0.244 e. The lowest BCUT2D eigenvalue weighted by Gasteiger charge is -2.33. The highest BCUT2D eigenvalue weighted by molar-refractivity contribution is 7.99. The predicted molar refractivity (Wildman–Crippen MR) is 109 cm³/mol. The molecule has 2 aromatic rings. The third kappa shape index (κ3) is 3.61. The molecule has 1 atom stereocenters. The fraction of sp³-hybridized carbons (Fsp3) is 0.350. The first kappa shape index (κ1) is 18.2. The van der Waals surface area contributed by atoms with Gasteiger partial charge in [0.25, 0.3) is 0 Å². The molecule has 1 unspecified atom stereocenters. The van der Waals surface area contributed by atoms with E-state index in [2.05, 4.69) is 11.0 Å². The fourth-order valence-corrected chi connectivity index (χ4v) is 5.12. The van der Waals surface area contributed by atoms with Gasteiger partial charge in [0, 0.05) is 33.8 Å². The Morgan fingerprint density at radius 3 is 2.88 bits per heavy atom. The Morgan fingerprint density at radius 1 is 1.15 bits per heavy atom. The van der Waals surface area contributed by atoms with E-state index in [9.17, 15) is 4.79 Å². The standard InChI is InChI=1S/C20H20Cl2N2OS/c21-15-7-8-16(22)14(12-15)13-23-9-3-5-18(23)20(25)24-10-11-26-19-6-2-1-4-17(19)24/h1-2,4,6-8,12,18H,3,5,9-11,13H2. The highest BCUT2D eigenvalue weighted by atomic mass is 35.5. The summed E-state index contributed by atoms with van der Waals surface area (Å²) in [4.78, 5) is 18.7. The Hall–Kier alpha value is -1.20. The van der Waals surface area contributed by atoms with Crippen LogP contribution in [-0.2, 0) is 11.3 Å². The van der Waals surface area contributed by atoms with Gasteiger partial charge in [-0.3, -0.25) is 9.69 Å². The van der Waals surface area contributed by atoms with Gasteiger partial charge in [-0.2, -0.15) is 0 Å². The first-order valence-corrected chi connectivity index (χ1v) is 10.6. The summed E-state index contributed by atoms with van der Waals surface area (Å²) >= 11 is 14.3. The number of carbonyl (C=O) groups is 1. The second kappa shape index (κ2) is 7.81. The van der Waals surface area contributed by atoms with Crippen LogP contribution in [0.3, 0.4) is 0 Å². The van der Waals surface area contributed by atoms with Crippen LogP contribution in [0.5, 0.6) is 0 Å². The number of para-hydroxylation sites is 1. The highest BCUT2D eigenvalue weighted by Crippen LogP contribution is 2.36. The maximum absolute atomic E-state index is 13.3. The zero-order valence-electron chi connectivity index (χ0n) is 14.3. The maximum atomic E-state index is 13.3. The average Bonchev–Trinajstić information content (AvgIpc) is 3.12. The summed E-state index contributed by atoms with van der Waals surface area (Å²) in [7, 11) is 0. The van der Waals surface area contributed by atoms with E-state index in [-0.39, 0.29) is 11.9 Å². The normalized spacial score (nSPS) is 20.2. The van der Waals surface area contributed by atoms with Crippen LogP contribution in [0.1, 0.15) is 18.4 Å². The molecule has 26 heavy (non-hydrogen) atoms. The van der Waals surface area contributed by atoms with Gasteiger partial charge in [-0.15, -0.1) is 11.8 Å². The average molecular weight is 407 g/mol. The van der Waals surface area contributed by atoms with Crippen LogP contribution < -0.4 is 4.90 Å². The number of fused-ring (bicyclic) bond motifs is 1. The third-order valence-corrected chi connectivity index (χ3v) is 6.67. The summed E-state index contributed by atoms with van der Waals surface area (Å²) in [6, 6.07) is 13.6. The number of nitrogens with zero attached hydrogens (tertiary/aromatic N) is 2. The number of amides is 1. The number of rotatable bonds is 3. The summed E-state index contributed by atoms with van der Waals surface area (Å²) < 4.78 is 0. The van der Waals surface area contributed by atoms with E-state index < -0.39 is 0 Å². The molecule has 0 aliphatic carbocycles. The molecule has 2 aromatic carbocycles. The lowest BCUT2D eigenvalue weighted by molar-refractivity contribution is -0.123. The first-order chi connectivity index (χ1) is 12.6. The SMILES string of the molecule is O=C(C1CCCN1Cc1cc(Cl)ccc1Cl)N1CCSc2ccccc21. The molecular weight excluding hydrogens is 387 g/mol. The number of hydrogen-bond donors (Lipinski definition) is 0. The first-order valence-electron chi connectivity index (χ1n) is 8.84. The molecule has 3 nitrogen and oxygen atoms in total. The van der Waals surface area contributed by atoms with Crippen molar-refractivity contribution in [2.24, 2.45) is 0 Å². The molecule has 0 saturated carbocycles. The van der Waals surface area contributed by atoms with Crippen molar-refractivity contribution in [2.75, 3.05) is 23.7 Å². The van der Waals surface area contributed by atoms with Gasteiger partial charge < -0.3 is 4.90 Å². The Balaban J connectivity index is 1.55. The number of thioether (sulfide) groups is 1. The van der Waals surface area contributed by atoms with E-state index >= 15 is 0 Å². The van der Waals surface area contributed by atoms with E-state index in [1.54, 1.807) is 6.07 Å². The number of carbonyl (C=O) groups excluding carboxylic acids is 1. The van der Waals surface area contributed by atoms with Crippen molar-refractivity contribution in [3.8, 4) is 0 Å². The minimum Gasteiger partial charge on any atom is -0.309 e. The number of benzene rings is 2. The van der Waals surface area contributed by atoms with Gasteiger partial charge in [0.05, 0.1) is 11.7 Å². The van der Waals surface area contributed by atoms with Gasteiger partial charge >= 0.3 is 0 Å². The van der Waals surface area contributed by atoms with Crippen molar-refractivity contribution in [1.29, 1.82) is 0 Å². The molecule has 136 valence electrons. The predicted octanol–water partition coefficient (Wildman–Crippen LogP) is 5.10. The Kier molecular flexibility index (Phi) is 5.46. The monoisotopic (exact) mass is 406 g/mol. The molecule has 2 heterocycles. The Morgan fingerprint density at radius 2 is 2.00 bits per heavy atom. The van der Waals surface area contributed by atoms with Crippen LogP contribution in [0.2, 0.25) is 10.0 Å². The van der Waals surface area contributed by atoms with Crippen LogP contribution in [0.4, 0.5) is 5.69 Å². The van der Waals surface area contributed by atoms with Crippen molar-refractivity contribution in [3.63, 3.8) is 0 Å². The minimum absolute atomic E-state index is 0.0961. The van der Waals surface area contributed by atoms with Crippen molar-refractivity contribution in [1.82, 2.24) is 4.90 Å². The van der Waals surface area contributed by atoms with E-state index in [4.69, 9.17) is 23.2 Å². The van der Waals surface area contributed by atoms with Crippen LogP contribution in [0, 0.1) is 0 Å². The zero-order valence-corrected chi connectivity index (χ0v) is 16.7. The lowest BCUT2D eigenvalue weighted by Crippen LogP contribution is -2.47. The van der Waals surface area contributed by atoms with Crippen molar-refractivity contribution >= 4 is 46.6 Å².